The standard InChI is InChI=1S/C11H21F3N2/c1-9(2)16(8-11(12,13)14)7-10-4-3-5-15-6-10/h9-10,15H,3-8H2,1-2H3. The number of hydrogen-bond acceptors (Lipinski definition) is 2. The van der Waals surface area contributed by atoms with Crippen LogP contribution in [0.2, 0.25) is 0 Å². The fourth-order valence-corrected chi connectivity index (χ4v) is 2.10. The Morgan fingerprint density at radius 3 is 2.50 bits per heavy atom. The summed E-state index contributed by atoms with van der Waals surface area (Å²) >= 11 is 0. The molecule has 1 unspecified atom stereocenters. The molecule has 0 bridgehead atoms. The van der Waals surface area contributed by atoms with Crippen molar-refractivity contribution in [2.24, 2.45) is 5.92 Å². The van der Waals surface area contributed by atoms with Crippen molar-refractivity contribution in [3.05, 3.63) is 0 Å². The first kappa shape index (κ1) is 13.8. The van der Waals surface area contributed by atoms with Crippen LogP contribution in [0.25, 0.3) is 0 Å². The minimum Gasteiger partial charge on any atom is -0.316 e. The molecule has 0 aromatic rings. The summed E-state index contributed by atoms with van der Waals surface area (Å²) in [6.45, 7) is 5.24. The highest BCUT2D eigenvalue weighted by molar-refractivity contribution is 4.76. The van der Waals surface area contributed by atoms with Crippen LogP contribution in [-0.4, -0.2) is 43.3 Å². The molecule has 2 nitrogen and oxygen atoms in total. The van der Waals surface area contributed by atoms with Gasteiger partial charge in [-0.15, -0.1) is 0 Å². The summed E-state index contributed by atoms with van der Waals surface area (Å²) in [7, 11) is 0. The highest BCUT2D eigenvalue weighted by Crippen LogP contribution is 2.20. The van der Waals surface area contributed by atoms with Crippen LogP contribution in [0.3, 0.4) is 0 Å². The molecule has 5 heteroatoms. The molecular weight excluding hydrogens is 217 g/mol. The first-order valence-corrected chi connectivity index (χ1v) is 5.90. The van der Waals surface area contributed by atoms with Crippen molar-refractivity contribution in [3.63, 3.8) is 0 Å². The normalized spacial score (nSPS) is 23.1. The quantitative estimate of drug-likeness (QED) is 0.808. The maximum atomic E-state index is 12.4. The lowest BCUT2D eigenvalue weighted by molar-refractivity contribution is -0.151. The van der Waals surface area contributed by atoms with Gasteiger partial charge in [0.2, 0.25) is 0 Å². The largest absolute Gasteiger partial charge is 0.401 e. The highest BCUT2D eigenvalue weighted by atomic mass is 19.4. The van der Waals surface area contributed by atoms with Gasteiger partial charge in [0.15, 0.2) is 0 Å². The second-order valence-corrected chi connectivity index (χ2v) is 4.85. The summed E-state index contributed by atoms with van der Waals surface area (Å²) in [6, 6.07) is -0.0523. The Bertz CT molecular complexity index is 198. The molecule has 0 aromatic carbocycles. The number of nitrogens with zero attached hydrogens (tertiary/aromatic N) is 1. The molecule has 1 aliphatic rings. The van der Waals surface area contributed by atoms with E-state index in [0.717, 1.165) is 25.9 Å². The van der Waals surface area contributed by atoms with Crippen molar-refractivity contribution in [2.75, 3.05) is 26.2 Å². The molecule has 1 heterocycles. The fraction of sp³-hybridized carbons (Fsp3) is 1.00. The summed E-state index contributed by atoms with van der Waals surface area (Å²) in [5.74, 6) is 0.360. The minimum atomic E-state index is -4.09. The Morgan fingerprint density at radius 1 is 1.38 bits per heavy atom. The van der Waals surface area contributed by atoms with Gasteiger partial charge < -0.3 is 5.32 Å². The van der Waals surface area contributed by atoms with E-state index in [1.54, 1.807) is 0 Å². The van der Waals surface area contributed by atoms with E-state index >= 15 is 0 Å². The average molecular weight is 238 g/mol. The molecule has 1 aliphatic heterocycles. The summed E-state index contributed by atoms with van der Waals surface area (Å²) in [5, 5.41) is 3.23. The first-order chi connectivity index (χ1) is 7.38. The van der Waals surface area contributed by atoms with Crippen LogP contribution in [0.4, 0.5) is 13.2 Å². The van der Waals surface area contributed by atoms with Gasteiger partial charge in [0, 0.05) is 12.6 Å². The summed E-state index contributed by atoms with van der Waals surface area (Å²) in [4.78, 5) is 1.53. The average Bonchev–Trinajstić information content (AvgIpc) is 2.16. The van der Waals surface area contributed by atoms with Crippen molar-refractivity contribution in [2.45, 2.75) is 38.9 Å². The number of rotatable bonds is 4. The maximum absolute atomic E-state index is 12.4. The number of hydrogen-bond donors (Lipinski definition) is 1. The smallest absolute Gasteiger partial charge is 0.316 e. The molecule has 1 N–H and O–H groups in total. The first-order valence-electron chi connectivity index (χ1n) is 5.90. The fourth-order valence-electron chi connectivity index (χ4n) is 2.10. The molecule has 0 aromatic heterocycles. The van der Waals surface area contributed by atoms with Crippen LogP contribution in [0.5, 0.6) is 0 Å². The van der Waals surface area contributed by atoms with Crippen molar-refractivity contribution in [1.82, 2.24) is 10.2 Å². The Hall–Kier alpha value is -0.290. The van der Waals surface area contributed by atoms with Gasteiger partial charge >= 0.3 is 6.18 Å². The van der Waals surface area contributed by atoms with E-state index in [9.17, 15) is 13.2 Å². The molecule has 1 rings (SSSR count). The predicted molar refractivity (Wildman–Crippen MR) is 58.4 cm³/mol. The van der Waals surface area contributed by atoms with E-state index in [0.29, 0.717) is 12.5 Å². The van der Waals surface area contributed by atoms with Crippen LogP contribution in [0, 0.1) is 5.92 Å². The number of halogens is 3. The lowest BCUT2D eigenvalue weighted by Crippen LogP contribution is -2.45. The third-order valence-electron chi connectivity index (χ3n) is 3.00. The van der Waals surface area contributed by atoms with Gasteiger partial charge in [0.1, 0.15) is 0 Å². The van der Waals surface area contributed by atoms with Crippen LogP contribution >= 0.6 is 0 Å². The van der Waals surface area contributed by atoms with Crippen molar-refractivity contribution < 1.29 is 13.2 Å². The number of nitrogens with one attached hydrogen (secondary N) is 1. The molecule has 1 fully saturated rings. The number of alkyl halides is 3. The van der Waals surface area contributed by atoms with Crippen LogP contribution in [-0.2, 0) is 0 Å². The van der Waals surface area contributed by atoms with E-state index in [1.807, 2.05) is 13.8 Å². The lowest BCUT2D eigenvalue weighted by Gasteiger charge is -2.33. The minimum absolute atomic E-state index is 0.0523. The van der Waals surface area contributed by atoms with Gasteiger partial charge in [-0.05, 0) is 45.7 Å². The summed E-state index contributed by atoms with van der Waals surface area (Å²) < 4.78 is 37.1. The van der Waals surface area contributed by atoms with E-state index < -0.39 is 12.7 Å². The SMILES string of the molecule is CC(C)N(CC1CCCNC1)CC(F)(F)F. The van der Waals surface area contributed by atoms with Gasteiger partial charge in [-0.3, -0.25) is 4.90 Å². The predicted octanol–water partition coefficient (Wildman–Crippen LogP) is 2.26. The Balaban J connectivity index is 2.43. The molecule has 0 saturated carbocycles. The second kappa shape index (κ2) is 5.87. The molecule has 96 valence electrons. The van der Waals surface area contributed by atoms with Crippen molar-refractivity contribution in [3.8, 4) is 0 Å². The maximum Gasteiger partial charge on any atom is 0.401 e. The lowest BCUT2D eigenvalue weighted by atomic mass is 9.98. The van der Waals surface area contributed by atoms with Crippen molar-refractivity contribution >= 4 is 0 Å². The highest BCUT2D eigenvalue weighted by Gasteiger charge is 2.32. The third kappa shape index (κ3) is 5.16. The third-order valence-corrected chi connectivity index (χ3v) is 3.00. The van der Waals surface area contributed by atoms with Crippen LogP contribution in [0.1, 0.15) is 26.7 Å². The van der Waals surface area contributed by atoms with Crippen molar-refractivity contribution in [1.29, 1.82) is 0 Å². The molecule has 0 aliphatic carbocycles. The number of piperidine rings is 1. The van der Waals surface area contributed by atoms with Gasteiger partial charge in [0.05, 0.1) is 6.54 Å². The molecule has 16 heavy (non-hydrogen) atoms. The molecule has 1 atom stereocenters. The summed E-state index contributed by atoms with van der Waals surface area (Å²) in [6.07, 6.45) is -1.98. The van der Waals surface area contributed by atoms with E-state index in [1.165, 1.54) is 4.90 Å². The van der Waals surface area contributed by atoms with E-state index in [2.05, 4.69) is 5.32 Å². The zero-order chi connectivity index (χ0) is 12.2. The second-order valence-electron chi connectivity index (χ2n) is 4.85. The Labute approximate surface area is 95.2 Å². The topological polar surface area (TPSA) is 15.3 Å². The van der Waals surface area contributed by atoms with Gasteiger partial charge in [-0.1, -0.05) is 0 Å². The molecule has 0 spiro atoms. The summed E-state index contributed by atoms with van der Waals surface area (Å²) in [5.41, 5.74) is 0. The van der Waals surface area contributed by atoms with Gasteiger partial charge in [-0.2, -0.15) is 13.2 Å². The van der Waals surface area contributed by atoms with E-state index in [-0.39, 0.29) is 6.04 Å². The molecular formula is C11H21F3N2. The molecule has 0 radical (unpaired) electrons. The zero-order valence-electron chi connectivity index (χ0n) is 9.98. The van der Waals surface area contributed by atoms with Crippen LogP contribution < -0.4 is 5.32 Å². The molecule has 1 saturated heterocycles. The van der Waals surface area contributed by atoms with Gasteiger partial charge in [-0.25, -0.2) is 0 Å². The zero-order valence-corrected chi connectivity index (χ0v) is 9.98. The molecule has 0 amide bonds. The monoisotopic (exact) mass is 238 g/mol. The Kier molecular flexibility index (Phi) is 5.05. The van der Waals surface area contributed by atoms with Gasteiger partial charge in [0.25, 0.3) is 0 Å². The van der Waals surface area contributed by atoms with Crippen LogP contribution in [0.15, 0.2) is 0 Å². The van der Waals surface area contributed by atoms with E-state index in [4.69, 9.17) is 0 Å². The Morgan fingerprint density at radius 2 is 2.06 bits per heavy atom.